The zero-order valence-electron chi connectivity index (χ0n) is 13.3. The molecular weight excluding hydrogens is 296 g/mol. The van der Waals surface area contributed by atoms with Crippen LogP contribution in [0.3, 0.4) is 0 Å². The highest BCUT2D eigenvalue weighted by Gasteiger charge is 2.61. The predicted octanol–water partition coefficient (Wildman–Crippen LogP) is 1.77. The monoisotopic (exact) mass is 318 g/mol. The van der Waals surface area contributed by atoms with E-state index in [0.29, 0.717) is 26.3 Å². The molecule has 1 aliphatic carbocycles. The number of cyclic esters (lactones) is 1. The van der Waals surface area contributed by atoms with E-state index in [1.54, 1.807) is 4.90 Å². The molecule has 1 aromatic carbocycles. The third-order valence-electron chi connectivity index (χ3n) is 5.33. The molecule has 1 saturated carbocycles. The van der Waals surface area contributed by atoms with Gasteiger partial charge in [-0.1, -0.05) is 12.1 Å². The Bertz CT molecular complexity index is 606. The van der Waals surface area contributed by atoms with Crippen LogP contribution >= 0.6 is 0 Å². The molecule has 0 bridgehead atoms. The number of amides is 1. The predicted molar refractivity (Wildman–Crippen MR) is 84.3 cm³/mol. The summed E-state index contributed by atoms with van der Waals surface area (Å²) in [5, 5.41) is 0. The Balaban J connectivity index is 1.56. The summed E-state index contributed by atoms with van der Waals surface area (Å²) in [7, 11) is 0. The highest BCUT2D eigenvalue weighted by molar-refractivity contribution is 5.89. The molecule has 1 atom stereocenters. The second kappa shape index (κ2) is 5.19. The van der Waals surface area contributed by atoms with Gasteiger partial charge in [0.05, 0.1) is 19.8 Å². The molecule has 1 amide bonds. The molecule has 2 N–H and O–H groups in total. The molecule has 124 valence electrons. The van der Waals surface area contributed by atoms with Gasteiger partial charge in [-0.2, -0.15) is 0 Å². The molecule has 2 saturated heterocycles. The van der Waals surface area contributed by atoms with E-state index in [-0.39, 0.29) is 17.6 Å². The van der Waals surface area contributed by atoms with Gasteiger partial charge in [-0.25, -0.2) is 4.79 Å². The normalized spacial score (nSPS) is 28.0. The Morgan fingerprint density at radius 2 is 1.87 bits per heavy atom. The lowest BCUT2D eigenvalue weighted by atomic mass is 9.87. The van der Waals surface area contributed by atoms with E-state index >= 15 is 0 Å². The van der Waals surface area contributed by atoms with Crippen LogP contribution in [-0.4, -0.2) is 44.3 Å². The molecular formula is C17H22N2O4. The molecule has 2 aliphatic heterocycles. The summed E-state index contributed by atoms with van der Waals surface area (Å²) in [6, 6.07) is 8.07. The van der Waals surface area contributed by atoms with Crippen LogP contribution in [0.2, 0.25) is 0 Å². The second-order valence-corrected chi connectivity index (χ2v) is 6.62. The third kappa shape index (κ3) is 2.24. The highest BCUT2D eigenvalue weighted by Crippen LogP contribution is 2.58. The summed E-state index contributed by atoms with van der Waals surface area (Å²) in [6.07, 6.45) is 1.56. The Morgan fingerprint density at radius 1 is 1.22 bits per heavy atom. The molecule has 1 unspecified atom stereocenters. The Hall–Kier alpha value is -1.63. The van der Waals surface area contributed by atoms with Crippen molar-refractivity contribution in [3.63, 3.8) is 0 Å². The van der Waals surface area contributed by atoms with Crippen molar-refractivity contribution in [3.05, 3.63) is 29.8 Å². The molecule has 2 heterocycles. The number of hydrogen-bond donors (Lipinski definition) is 1. The zero-order valence-corrected chi connectivity index (χ0v) is 13.3. The lowest BCUT2D eigenvalue weighted by molar-refractivity contribution is -0.169. The van der Waals surface area contributed by atoms with Gasteiger partial charge in [-0.05, 0) is 37.5 Å². The van der Waals surface area contributed by atoms with Gasteiger partial charge in [0.15, 0.2) is 5.79 Å². The molecule has 6 heteroatoms. The minimum absolute atomic E-state index is 0.0622. The average molecular weight is 318 g/mol. The second-order valence-electron chi connectivity index (χ2n) is 6.62. The Labute approximate surface area is 135 Å². The van der Waals surface area contributed by atoms with E-state index in [9.17, 15) is 4.79 Å². The number of ether oxygens (including phenoxy) is 3. The number of nitrogens with two attached hydrogens (primary N) is 1. The largest absolute Gasteiger partial charge is 0.443 e. The maximum atomic E-state index is 11.9. The molecule has 4 rings (SSSR count). The summed E-state index contributed by atoms with van der Waals surface area (Å²) < 4.78 is 17.0. The maximum absolute atomic E-state index is 11.9. The smallest absolute Gasteiger partial charge is 0.414 e. The zero-order chi connectivity index (χ0) is 16.1. The van der Waals surface area contributed by atoms with Crippen molar-refractivity contribution in [1.29, 1.82) is 0 Å². The van der Waals surface area contributed by atoms with Gasteiger partial charge >= 0.3 is 6.09 Å². The van der Waals surface area contributed by atoms with Crippen LogP contribution in [0.5, 0.6) is 0 Å². The number of carbonyl (C=O) groups excluding carboxylic acids is 1. The van der Waals surface area contributed by atoms with E-state index < -0.39 is 5.79 Å². The maximum Gasteiger partial charge on any atom is 0.414 e. The van der Waals surface area contributed by atoms with Gasteiger partial charge in [0.1, 0.15) is 6.10 Å². The number of carbonyl (C=O) groups is 1. The first-order valence-electron chi connectivity index (χ1n) is 8.15. The standard InChI is InChI=1S/C17H22N2O4/c1-16(21-8-9-22-16)17(6-7-17)12-2-4-13(5-3-12)19-11-14(10-18)23-15(19)20/h2-5,14H,6-11,18H2,1H3. The number of anilines is 1. The van der Waals surface area contributed by atoms with Gasteiger partial charge in [-0.3, -0.25) is 4.90 Å². The van der Waals surface area contributed by atoms with Gasteiger partial charge in [0.2, 0.25) is 0 Å². The van der Waals surface area contributed by atoms with E-state index in [1.165, 1.54) is 5.56 Å². The van der Waals surface area contributed by atoms with Gasteiger partial charge in [-0.15, -0.1) is 0 Å². The quantitative estimate of drug-likeness (QED) is 0.916. The Kier molecular flexibility index (Phi) is 3.37. The van der Waals surface area contributed by atoms with E-state index in [1.807, 2.05) is 19.1 Å². The van der Waals surface area contributed by atoms with Crippen LogP contribution in [0.25, 0.3) is 0 Å². The van der Waals surface area contributed by atoms with Gasteiger partial charge in [0, 0.05) is 17.6 Å². The van der Waals surface area contributed by atoms with Crippen molar-refractivity contribution >= 4 is 11.8 Å². The topological polar surface area (TPSA) is 74.0 Å². The molecule has 0 radical (unpaired) electrons. The van der Waals surface area contributed by atoms with Crippen molar-refractivity contribution < 1.29 is 19.0 Å². The minimum Gasteiger partial charge on any atom is -0.443 e. The lowest BCUT2D eigenvalue weighted by Gasteiger charge is -2.33. The molecule has 1 aromatic rings. The fourth-order valence-electron chi connectivity index (χ4n) is 3.74. The number of rotatable bonds is 4. The van der Waals surface area contributed by atoms with Crippen molar-refractivity contribution in [1.82, 2.24) is 0 Å². The number of hydrogen-bond acceptors (Lipinski definition) is 5. The van der Waals surface area contributed by atoms with Crippen LogP contribution in [-0.2, 0) is 19.6 Å². The summed E-state index contributed by atoms with van der Waals surface area (Å²) in [4.78, 5) is 13.5. The molecule has 23 heavy (non-hydrogen) atoms. The SMILES string of the molecule is CC1(C2(c3ccc(N4CC(CN)OC4=O)cc3)CC2)OCCO1. The minimum atomic E-state index is -0.536. The summed E-state index contributed by atoms with van der Waals surface area (Å²) in [6.45, 7) is 4.18. The molecule has 0 spiro atoms. The van der Waals surface area contributed by atoms with Crippen molar-refractivity contribution in [2.45, 2.75) is 37.1 Å². The van der Waals surface area contributed by atoms with Crippen LogP contribution in [0, 0.1) is 0 Å². The first kappa shape index (κ1) is 14.9. The van der Waals surface area contributed by atoms with Crippen LogP contribution in [0.1, 0.15) is 25.3 Å². The van der Waals surface area contributed by atoms with Crippen LogP contribution < -0.4 is 10.6 Å². The molecule has 0 aromatic heterocycles. The number of nitrogens with zero attached hydrogens (tertiary/aromatic N) is 1. The fraction of sp³-hybridized carbons (Fsp3) is 0.588. The molecule has 6 nitrogen and oxygen atoms in total. The van der Waals surface area contributed by atoms with Crippen molar-refractivity contribution in [2.75, 3.05) is 31.2 Å². The number of benzene rings is 1. The van der Waals surface area contributed by atoms with Gasteiger partial charge < -0.3 is 19.9 Å². The van der Waals surface area contributed by atoms with Crippen molar-refractivity contribution in [2.24, 2.45) is 5.73 Å². The fourth-order valence-corrected chi connectivity index (χ4v) is 3.74. The van der Waals surface area contributed by atoms with Gasteiger partial charge in [0.25, 0.3) is 0 Å². The first-order valence-corrected chi connectivity index (χ1v) is 8.15. The van der Waals surface area contributed by atoms with E-state index in [2.05, 4.69) is 12.1 Å². The first-order chi connectivity index (χ1) is 11.1. The average Bonchev–Trinajstić information content (AvgIpc) is 3.14. The molecule has 3 fully saturated rings. The summed E-state index contributed by atoms with van der Waals surface area (Å²) in [5.41, 5.74) is 7.56. The van der Waals surface area contributed by atoms with Crippen molar-refractivity contribution in [3.8, 4) is 0 Å². The van der Waals surface area contributed by atoms with Crippen LogP contribution in [0.4, 0.5) is 10.5 Å². The van der Waals surface area contributed by atoms with Crippen LogP contribution in [0.15, 0.2) is 24.3 Å². The summed E-state index contributed by atoms with van der Waals surface area (Å²) in [5.74, 6) is -0.536. The lowest BCUT2D eigenvalue weighted by Crippen LogP contribution is -2.40. The Morgan fingerprint density at radius 3 is 2.39 bits per heavy atom. The van der Waals surface area contributed by atoms with E-state index in [0.717, 1.165) is 18.5 Å². The van der Waals surface area contributed by atoms with E-state index in [4.69, 9.17) is 19.9 Å². The summed E-state index contributed by atoms with van der Waals surface area (Å²) >= 11 is 0. The third-order valence-corrected chi connectivity index (χ3v) is 5.33. The highest BCUT2D eigenvalue weighted by atomic mass is 16.7. The molecule has 3 aliphatic rings.